The number of ether oxygens (including phenoxy) is 2. The van der Waals surface area contributed by atoms with Gasteiger partial charge in [0, 0.05) is 26.9 Å². The number of methoxy groups -OCH3 is 2. The van der Waals surface area contributed by atoms with Crippen molar-refractivity contribution in [2.45, 2.75) is 10.6 Å². The van der Waals surface area contributed by atoms with Crippen LogP contribution in [0.1, 0.15) is 5.56 Å². The van der Waals surface area contributed by atoms with Crippen LogP contribution >= 0.6 is 23.4 Å². The molecule has 2 aromatic carbocycles. The van der Waals surface area contributed by atoms with Gasteiger partial charge >= 0.3 is 0 Å². The summed E-state index contributed by atoms with van der Waals surface area (Å²) in [5, 5.41) is 0.694. The fourth-order valence-corrected chi connectivity index (χ4v) is 2.95. The van der Waals surface area contributed by atoms with E-state index in [1.54, 1.807) is 26.0 Å². The lowest BCUT2D eigenvalue weighted by Crippen LogP contribution is -1.93. The van der Waals surface area contributed by atoms with E-state index in [0.29, 0.717) is 5.02 Å². The highest BCUT2D eigenvalue weighted by atomic mass is 35.5. The predicted octanol–water partition coefficient (Wildman–Crippen LogP) is 4.23. The second-order valence-electron chi connectivity index (χ2n) is 4.15. The first kappa shape index (κ1) is 14.9. The Kier molecular flexibility index (Phi) is 5.04. The second-order valence-corrected chi connectivity index (χ2v) is 5.60. The summed E-state index contributed by atoms with van der Waals surface area (Å²) in [4.78, 5) is 0.978. The molecule has 0 spiro atoms. The monoisotopic (exact) mass is 309 g/mol. The molecule has 0 atom stereocenters. The van der Waals surface area contributed by atoms with Crippen molar-refractivity contribution >= 4 is 29.1 Å². The molecular weight excluding hydrogens is 294 g/mol. The lowest BCUT2D eigenvalue weighted by Gasteiger charge is -2.11. The van der Waals surface area contributed by atoms with E-state index in [1.165, 1.54) is 0 Å². The zero-order chi connectivity index (χ0) is 14.5. The van der Waals surface area contributed by atoms with Crippen LogP contribution in [-0.2, 0) is 5.75 Å². The van der Waals surface area contributed by atoms with Gasteiger partial charge in [-0.05, 0) is 36.4 Å². The zero-order valence-corrected chi connectivity index (χ0v) is 12.9. The second kappa shape index (κ2) is 6.77. The minimum atomic E-state index is 0.694. The fourth-order valence-electron chi connectivity index (χ4n) is 1.78. The summed E-state index contributed by atoms with van der Waals surface area (Å²) >= 11 is 7.65. The van der Waals surface area contributed by atoms with Crippen molar-refractivity contribution in [3.8, 4) is 11.5 Å². The van der Waals surface area contributed by atoms with E-state index in [9.17, 15) is 0 Å². The van der Waals surface area contributed by atoms with Crippen LogP contribution in [0.25, 0.3) is 0 Å². The van der Waals surface area contributed by atoms with Gasteiger partial charge in [-0.25, -0.2) is 0 Å². The maximum absolute atomic E-state index is 6.02. The fraction of sp³-hybridized carbons (Fsp3) is 0.200. The first-order valence-electron chi connectivity index (χ1n) is 6.02. The van der Waals surface area contributed by atoms with Crippen LogP contribution in [0.5, 0.6) is 11.5 Å². The van der Waals surface area contributed by atoms with Gasteiger partial charge in [0.15, 0.2) is 0 Å². The van der Waals surface area contributed by atoms with Crippen LogP contribution in [0.4, 0.5) is 5.69 Å². The molecule has 0 heterocycles. The molecule has 0 unspecified atom stereocenters. The number of anilines is 1. The third kappa shape index (κ3) is 3.52. The number of hydrogen-bond donors (Lipinski definition) is 1. The molecule has 0 amide bonds. The Morgan fingerprint density at radius 3 is 2.60 bits per heavy atom. The molecule has 106 valence electrons. The van der Waals surface area contributed by atoms with Crippen molar-refractivity contribution in [2.24, 2.45) is 0 Å². The maximum atomic E-state index is 6.02. The number of rotatable bonds is 5. The molecule has 0 aliphatic rings. The first-order valence-corrected chi connectivity index (χ1v) is 7.39. The summed E-state index contributed by atoms with van der Waals surface area (Å²) in [6, 6.07) is 11.2. The highest BCUT2D eigenvalue weighted by molar-refractivity contribution is 7.98. The quantitative estimate of drug-likeness (QED) is 0.663. The van der Waals surface area contributed by atoms with Gasteiger partial charge in [0.2, 0.25) is 0 Å². The van der Waals surface area contributed by atoms with E-state index in [4.69, 9.17) is 26.8 Å². The van der Waals surface area contributed by atoms with Crippen molar-refractivity contribution in [1.82, 2.24) is 0 Å². The molecule has 2 N–H and O–H groups in total. The van der Waals surface area contributed by atoms with E-state index in [1.807, 2.05) is 36.4 Å². The topological polar surface area (TPSA) is 44.5 Å². The van der Waals surface area contributed by atoms with Gasteiger partial charge in [-0.1, -0.05) is 11.6 Å². The molecule has 2 rings (SSSR count). The molecule has 0 fully saturated rings. The third-order valence-electron chi connectivity index (χ3n) is 2.85. The molecular formula is C15H16ClNO2S. The number of benzene rings is 2. The average molecular weight is 310 g/mol. The summed E-state index contributed by atoms with van der Waals surface area (Å²) in [5.74, 6) is 2.34. The lowest BCUT2D eigenvalue weighted by atomic mass is 10.2. The summed E-state index contributed by atoms with van der Waals surface area (Å²) in [7, 11) is 3.29. The van der Waals surface area contributed by atoms with Gasteiger partial charge in [-0.2, -0.15) is 0 Å². The highest BCUT2D eigenvalue weighted by Gasteiger charge is 2.07. The SMILES string of the molecule is COc1ccc(N)c(SCc2cc(Cl)ccc2OC)c1. The van der Waals surface area contributed by atoms with E-state index in [-0.39, 0.29) is 0 Å². The molecule has 5 heteroatoms. The van der Waals surface area contributed by atoms with E-state index < -0.39 is 0 Å². The van der Waals surface area contributed by atoms with Gasteiger partial charge in [-0.15, -0.1) is 11.8 Å². The maximum Gasteiger partial charge on any atom is 0.123 e. The highest BCUT2D eigenvalue weighted by Crippen LogP contribution is 2.34. The minimum Gasteiger partial charge on any atom is -0.497 e. The normalized spacial score (nSPS) is 10.3. The molecule has 0 radical (unpaired) electrons. The average Bonchev–Trinajstić information content (AvgIpc) is 2.46. The number of hydrogen-bond acceptors (Lipinski definition) is 4. The molecule has 3 nitrogen and oxygen atoms in total. The Labute approximate surface area is 128 Å². The zero-order valence-electron chi connectivity index (χ0n) is 11.4. The Morgan fingerprint density at radius 1 is 1.10 bits per heavy atom. The Bertz CT molecular complexity index is 604. The number of nitrogen functional groups attached to an aromatic ring is 1. The summed E-state index contributed by atoms with van der Waals surface area (Å²) < 4.78 is 10.5. The van der Waals surface area contributed by atoms with E-state index in [0.717, 1.165) is 33.4 Å². The Hall–Kier alpha value is -1.52. The lowest BCUT2D eigenvalue weighted by molar-refractivity contribution is 0.411. The summed E-state index contributed by atoms with van der Waals surface area (Å²) in [5.41, 5.74) is 7.74. The molecule has 0 bridgehead atoms. The van der Waals surface area contributed by atoms with Crippen molar-refractivity contribution in [2.75, 3.05) is 20.0 Å². The van der Waals surface area contributed by atoms with Crippen molar-refractivity contribution in [1.29, 1.82) is 0 Å². The van der Waals surface area contributed by atoms with Crippen molar-refractivity contribution < 1.29 is 9.47 Å². The van der Waals surface area contributed by atoms with E-state index in [2.05, 4.69) is 0 Å². The number of thioether (sulfide) groups is 1. The largest absolute Gasteiger partial charge is 0.497 e. The van der Waals surface area contributed by atoms with Gasteiger partial charge in [-0.3, -0.25) is 0 Å². The van der Waals surface area contributed by atoms with Gasteiger partial charge < -0.3 is 15.2 Å². The summed E-state index contributed by atoms with van der Waals surface area (Å²) in [6.45, 7) is 0. The van der Waals surface area contributed by atoms with Crippen LogP contribution in [0.2, 0.25) is 5.02 Å². The number of halogens is 1. The standard InChI is InChI=1S/C15H16ClNO2S/c1-18-12-4-5-13(17)15(8-12)20-9-10-7-11(16)3-6-14(10)19-2/h3-8H,9,17H2,1-2H3. The van der Waals surface area contributed by atoms with E-state index >= 15 is 0 Å². The molecule has 0 saturated heterocycles. The third-order valence-corrected chi connectivity index (χ3v) is 4.20. The molecule has 0 aromatic heterocycles. The molecule has 2 aromatic rings. The van der Waals surface area contributed by atoms with Crippen LogP contribution in [-0.4, -0.2) is 14.2 Å². The Balaban J connectivity index is 2.18. The molecule has 0 aliphatic heterocycles. The molecule has 0 saturated carbocycles. The van der Waals surface area contributed by atoms with Gasteiger partial charge in [0.1, 0.15) is 11.5 Å². The van der Waals surface area contributed by atoms with Crippen molar-refractivity contribution in [3.05, 3.63) is 47.0 Å². The minimum absolute atomic E-state index is 0.694. The van der Waals surface area contributed by atoms with Crippen molar-refractivity contribution in [3.63, 3.8) is 0 Å². The first-order chi connectivity index (χ1) is 9.63. The van der Waals surface area contributed by atoms with Crippen LogP contribution in [0.3, 0.4) is 0 Å². The molecule has 0 aliphatic carbocycles. The van der Waals surface area contributed by atoms with Crippen LogP contribution in [0, 0.1) is 0 Å². The van der Waals surface area contributed by atoms with Crippen LogP contribution in [0.15, 0.2) is 41.3 Å². The number of nitrogens with two attached hydrogens (primary N) is 1. The summed E-state index contributed by atoms with van der Waals surface area (Å²) in [6.07, 6.45) is 0. The van der Waals surface area contributed by atoms with Gasteiger partial charge in [0.05, 0.1) is 14.2 Å². The smallest absolute Gasteiger partial charge is 0.123 e. The predicted molar refractivity (Wildman–Crippen MR) is 85.0 cm³/mol. The van der Waals surface area contributed by atoms with Crippen LogP contribution < -0.4 is 15.2 Å². The molecule has 20 heavy (non-hydrogen) atoms. The van der Waals surface area contributed by atoms with Gasteiger partial charge in [0.25, 0.3) is 0 Å². The Morgan fingerprint density at radius 2 is 1.90 bits per heavy atom.